The zero-order chi connectivity index (χ0) is 17.0. The number of urea groups is 1. The summed E-state index contributed by atoms with van der Waals surface area (Å²) in [5, 5.41) is 12.5. The molecule has 2 rings (SSSR count). The number of aryl methyl sites for hydroxylation is 1. The molecule has 0 bridgehead atoms. The highest BCUT2D eigenvalue weighted by molar-refractivity contribution is 5.90. The van der Waals surface area contributed by atoms with Gasteiger partial charge in [0, 0.05) is 25.7 Å². The van der Waals surface area contributed by atoms with Crippen LogP contribution in [-0.2, 0) is 6.42 Å². The largest absolute Gasteiger partial charge is 0.391 e. The number of halogens is 3. The average Bonchev–Trinajstić information content (AvgIpc) is 3.30. The highest BCUT2D eigenvalue weighted by atomic mass is 19.4. The number of nitrogens with one attached hydrogen (secondary N) is 1. The summed E-state index contributed by atoms with van der Waals surface area (Å²) in [7, 11) is 1.55. The second-order valence-electron chi connectivity index (χ2n) is 5.99. The number of hydrogen-bond donors (Lipinski definition) is 2. The van der Waals surface area contributed by atoms with E-state index in [1.807, 2.05) is 0 Å². The van der Waals surface area contributed by atoms with Gasteiger partial charge < -0.3 is 15.3 Å². The maximum Gasteiger partial charge on any atom is 0.389 e. The lowest BCUT2D eigenvalue weighted by molar-refractivity contribution is -0.133. The Labute approximate surface area is 133 Å². The number of likely N-dealkylation sites (N-methyl/N-ethyl adjacent to an activating group) is 1. The summed E-state index contributed by atoms with van der Waals surface area (Å²) in [4.78, 5) is 13.5. The van der Waals surface area contributed by atoms with Crippen LogP contribution in [0.25, 0.3) is 0 Å². The second-order valence-corrected chi connectivity index (χ2v) is 5.99. The van der Waals surface area contributed by atoms with E-state index in [1.54, 1.807) is 31.3 Å². The van der Waals surface area contributed by atoms with Crippen molar-refractivity contribution in [2.75, 3.05) is 18.9 Å². The summed E-state index contributed by atoms with van der Waals surface area (Å²) < 4.78 is 37.1. The van der Waals surface area contributed by atoms with E-state index >= 15 is 0 Å². The molecule has 2 N–H and O–H groups in total. The fraction of sp³-hybridized carbons (Fsp3) is 0.562. The molecule has 4 nitrogen and oxygen atoms in total. The van der Waals surface area contributed by atoms with E-state index in [0.717, 1.165) is 12.8 Å². The Kier molecular flexibility index (Phi) is 5.51. The molecule has 0 heterocycles. The van der Waals surface area contributed by atoms with Gasteiger partial charge in [0.2, 0.25) is 0 Å². The topological polar surface area (TPSA) is 52.6 Å². The van der Waals surface area contributed by atoms with E-state index in [1.165, 1.54) is 4.90 Å². The molecule has 7 heteroatoms. The lowest BCUT2D eigenvalue weighted by atomic mass is 10.1. The molecule has 0 spiro atoms. The molecule has 1 aliphatic carbocycles. The Morgan fingerprint density at radius 3 is 2.65 bits per heavy atom. The minimum Gasteiger partial charge on any atom is -0.391 e. The second kappa shape index (κ2) is 7.21. The molecule has 1 aromatic carbocycles. The van der Waals surface area contributed by atoms with Crippen molar-refractivity contribution in [3.63, 3.8) is 0 Å². The van der Waals surface area contributed by atoms with Crippen LogP contribution in [0.1, 0.15) is 24.8 Å². The first-order chi connectivity index (χ1) is 10.8. The normalized spacial score (nSPS) is 16.0. The van der Waals surface area contributed by atoms with E-state index in [4.69, 9.17) is 0 Å². The van der Waals surface area contributed by atoms with Gasteiger partial charge in [0.15, 0.2) is 0 Å². The van der Waals surface area contributed by atoms with Crippen LogP contribution in [0, 0.1) is 5.92 Å². The first kappa shape index (κ1) is 17.6. The maximum atomic E-state index is 12.4. The highest BCUT2D eigenvalue weighted by Gasteiger charge is 2.31. The van der Waals surface area contributed by atoms with Crippen LogP contribution < -0.4 is 5.32 Å². The Balaban J connectivity index is 1.94. The standard InChI is InChI=1S/C16H21F3N2O2/c1-21(10-14(22)12-6-7-12)15(23)20-13-5-3-2-4-11(13)8-9-16(17,18)19/h2-5,12,14,22H,6-10H2,1H3,(H,20,23). The van der Waals surface area contributed by atoms with Crippen molar-refractivity contribution >= 4 is 11.7 Å². The molecule has 1 fully saturated rings. The summed E-state index contributed by atoms with van der Waals surface area (Å²) in [6.45, 7) is 0.210. The average molecular weight is 330 g/mol. The molecule has 0 saturated heterocycles. The Bertz CT molecular complexity index is 544. The number of anilines is 1. The molecule has 1 aliphatic rings. The van der Waals surface area contributed by atoms with Crippen LogP contribution in [0.15, 0.2) is 24.3 Å². The minimum absolute atomic E-state index is 0.186. The van der Waals surface area contributed by atoms with Crippen LogP contribution in [0.5, 0.6) is 0 Å². The molecule has 1 aromatic rings. The van der Waals surface area contributed by atoms with Gasteiger partial charge in [-0.3, -0.25) is 0 Å². The minimum atomic E-state index is -4.23. The van der Waals surface area contributed by atoms with Crippen LogP contribution in [-0.4, -0.2) is 41.9 Å². The van der Waals surface area contributed by atoms with E-state index in [9.17, 15) is 23.1 Å². The van der Waals surface area contributed by atoms with Gasteiger partial charge in [0.25, 0.3) is 0 Å². The molecule has 23 heavy (non-hydrogen) atoms. The van der Waals surface area contributed by atoms with Crippen molar-refractivity contribution < 1.29 is 23.1 Å². The lowest BCUT2D eigenvalue weighted by Crippen LogP contribution is -2.38. The number of amides is 2. The summed E-state index contributed by atoms with van der Waals surface area (Å²) in [6.07, 6.45) is -3.97. The predicted octanol–water partition coefficient (Wildman–Crippen LogP) is 3.42. The zero-order valence-corrected chi connectivity index (χ0v) is 12.9. The Morgan fingerprint density at radius 2 is 2.04 bits per heavy atom. The van der Waals surface area contributed by atoms with Crippen molar-refractivity contribution in [1.82, 2.24) is 4.90 Å². The van der Waals surface area contributed by atoms with Gasteiger partial charge in [-0.25, -0.2) is 4.79 Å². The molecule has 0 aromatic heterocycles. The van der Waals surface area contributed by atoms with Crippen molar-refractivity contribution in [3.05, 3.63) is 29.8 Å². The van der Waals surface area contributed by atoms with Crippen molar-refractivity contribution in [1.29, 1.82) is 0 Å². The molecule has 2 amide bonds. The molecular formula is C16H21F3N2O2. The molecule has 0 radical (unpaired) electrons. The van der Waals surface area contributed by atoms with E-state index in [-0.39, 0.29) is 18.9 Å². The number of carbonyl (C=O) groups is 1. The Morgan fingerprint density at radius 1 is 1.39 bits per heavy atom. The molecule has 1 saturated carbocycles. The number of nitrogens with zero attached hydrogens (tertiary/aromatic N) is 1. The van der Waals surface area contributed by atoms with Gasteiger partial charge >= 0.3 is 12.2 Å². The number of hydrogen-bond acceptors (Lipinski definition) is 2. The first-order valence-electron chi connectivity index (χ1n) is 7.61. The predicted molar refractivity (Wildman–Crippen MR) is 81.2 cm³/mol. The van der Waals surface area contributed by atoms with Crippen LogP contribution in [0.2, 0.25) is 0 Å². The first-order valence-corrected chi connectivity index (χ1v) is 7.61. The summed E-state index contributed by atoms with van der Waals surface area (Å²) >= 11 is 0. The number of aliphatic hydroxyl groups excluding tert-OH is 1. The van der Waals surface area contributed by atoms with Crippen LogP contribution >= 0.6 is 0 Å². The number of carbonyl (C=O) groups excluding carboxylic acids is 1. The summed E-state index contributed by atoms with van der Waals surface area (Å²) in [6, 6.07) is 6.01. The number of aliphatic hydroxyl groups is 1. The molecule has 128 valence electrons. The van der Waals surface area contributed by atoms with Gasteiger partial charge in [-0.05, 0) is 36.8 Å². The fourth-order valence-electron chi connectivity index (χ4n) is 2.34. The summed E-state index contributed by atoms with van der Waals surface area (Å²) in [5.74, 6) is 0.254. The SMILES string of the molecule is CN(CC(O)C1CC1)C(=O)Nc1ccccc1CCC(F)(F)F. The molecule has 1 unspecified atom stereocenters. The van der Waals surface area contributed by atoms with Gasteiger partial charge in [-0.1, -0.05) is 18.2 Å². The maximum absolute atomic E-state index is 12.4. The number of rotatable bonds is 6. The molecule has 1 atom stereocenters. The van der Waals surface area contributed by atoms with Gasteiger partial charge in [-0.2, -0.15) is 13.2 Å². The number of alkyl halides is 3. The summed E-state index contributed by atoms with van der Waals surface area (Å²) in [5.41, 5.74) is 0.809. The van der Waals surface area contributed by atoms with Gasteiger partial charge in [0.1, 0.15) is 0 Å². The third-order valence-corrected chi connectivity index (χ3v) is 3.91. The van der Waals surface area contributed by atoms with Crippen molar-refractivity contribution in [2.45, 2.75) is 38.0 Å². The van der Waals surface area contributed by atoms with Gasteiger partial charge in [0.05, 0.1) is 6.10 Å². The van der Waals surface area contributed by atoms with Crippen LogP contribution in [0.3, 0.4) is 0 Å². The zero-order valence-electron chi connectivity index (χ0n) is 12.9. The molecule has 0 aliphatic heterocycles. The number of benzene rings is 1. The highest BCUT2D eigenvalue weighted by Crippen LogP contribution is 2.32. The quantitative estimate of drug-likeness (QED) is 0.840. The van der Waals surface area contributed by atoms with E-state index < -0.39 is 24.7 Å². The van der Waals surface area contributed by atoms with Crippen LogP contribution in [0.4, 0.5) is 23.7 Å². The van der Waals surface area contributed by atoms with E-state index in [0.29, 0.717) is 11.3 Å². The van der Waals surface area contributed by atoms with Gasteiger partial charge in [-0.15, -0.1) is 0 Å². The smallest absolute Gasteiger partial charge is 0.389 e. The molecular weight excluding hydrogens is 309 g/mol. The Hall–Kier alpha value is -1.76. The third-order valence-electron chi connectivity index (χ3n) is 3.91. The van der Waals surface area contributed by atoms with Crippen molar-refractivity contribution in [3.8, 4) is 0 Å². The van der Waals surface area contributed by atoms with Crippen molar-refractivity contribution in [2.24, 2.45) is 5.92 Å². The van der Waals surface area contributed by atoms with E-state index in [2.05, 4.69) is 5.32 Å². The number of para-hydroxylation sites is 1. The lowest BCUT2D eigenvalue weighted by Gasteiger charge is -2.22. The monoisotopic (exact) mass is 330 g/mol. The third kappa shape index (κ3) is 5.74. The fourth-order valence-corrected chi connectivity index (χ4v) is 2.34.